The Balaban J connectivity index is 2.50. The van der Waals surface area contributed by atoms with Crippen LogP contribution < -0.4 is 5.32 Å². The zero-order valence-electron chi connectivity index (χ0n) is 11.5. The van der Waals surface area contributed by atoms with Crippen molar-refractivity contribution in [2.75, 3.05) is 19.0 Å². The first kappa shape index (κ1) is 15.6. The molecule has 0 aliphatic heterocycles. The molecule has 0 aliphatic rings. The van der Waals surface area contributed by atoms with Gasteiger partial charge in [0.15, 0.2) is 5.82 Å². The molecule has 7 nitrogen and oxygen atoms in total. The average Bonchev–Trinajstić information content (AvgIpc) is 2.45. The molecule has 1 rings (SSSR count). The number of carbonyl (C=O) groups is 2. The summed E-state index contributed by atoms with van der Waals surface area (Å²) in [6.07, 6.45) is 2.90. The summed E-state index contributed by atoms with van der Waals surface area (Å²) in [5.41, 5.74) is 0.499. The molecule has 0 saturated heterocycles. The van der Waals surface area contributed by atoms with Gasteiger partial charge in [-0.2, -0.15) is 0 Å². The first-order valence-electron chi connectivity index (χ1n) is 6.07. The highest BCUT2D eigenvalue weighted by Crippen LogP contribution is 2.11. The van der Waals surface area contributed by atoms with Gasteiger partial charge in [0.1, 0.15) is 11.5 Å². The maximum absolute atomic E-state index is 11.5. The van der Waals surface area contributed by atoms with Crippen molar-refractivity contribution in [1.29, 1.82) is 0 Å². The molecule has 0 radical (unpaired) electrons. The Labute approximate surface area is 117 Å². The molecule has 1 aromatic heterocycles. The summed E-state index contributed by atoms with van der Waals surface area (Å²) in [5, 5.41) is 2.53. The standard InChI is InChI=1S/C13H17N3O4/c1-4-20-9(2)10-7-15-11(8-14-10)16-12(17)5-6-13(18)19-3/h7-8H,2,4-6H2,1,3H3,(H,15,16,17). The van der Waals surface area contributed by atoms with Crippen LogP contribution in [-0.2, 0) is 19.1 Å². The van der Waals surface area contributed by atoms with E-state index in [0.29, 0.717) is 23.9 Å². The number of ether oxygens (including phenoxy) is 2. The lowest BCUT2D eigenvalue weighted by atomic mass is 10.3. The van der Waals surface area contributed by atoms with Crippen LogP contribution >= 0.6 is 0 Å². The predicted octanol–water partition coefficient (Wildman–Crippen LogP) is 1.38. The van der Waals surface area contributed by atoms with Gasteiger partial charge in [-0.25, -0.2) is 9.97 Å². The molecule has 0 aromatic carbocycles. The lowest BCUT2D eigenvalue weighted by Crippen LogP contribution is -2.15. The van der Waals surface area contributed by atoms with E-state index in [9.17, 15) is 9.59 Å². The third kappa shape index (κ3) is 5.05. The largest absolute Gasteiger partial charge is 0.492 e. The minimum absolute atomic E-state index is 0.0228. The van der Waals surface area contributed by atoms with Crippen molar-refractivity contribution < 1.29 is 19.1 Å². The number of hydrogen-bond acceptors (Lipinski definition) is 6. The Morgan fingerprint density at radius 2 is 2.05 bits per heavy atom. The maximum atomic E-state index is 11.5. The molecule has 7 heteroatoms. The van der Waals surface area contributed by atoms with Crippen molar-refractivity contribution in [3.63, 3.8) is 0 Å². The number of esters is 1. The summed E-state index contributed by atoms with van der Waals surface area (Å²) in [4.78, 5) is 30.5. The van der Waals surface area contributed by atoms with Crippen LogP contribution in [0, 0.1) is 0 Å². The van der Waals surface area contributed by atoms with Gasteiger partial charge in [0, 0.05) is 6.42 Å². The lowest BCUT2D eigenvalue weighted by molar-refractivity contribution is -0.141. The summed E-state index contributed by atoms with van der Waals surface area (Å²) < 4.78 is 9.64. The first-order chi connectivity index (χ1) is 9.56. The van der Waals surface area contributed by atoms with Crippen LogP contribution in [-0.4, -0.2) is 35.6 Å². The smallest absolute Gasteiger partial charge is 0.306 e. The van der Waals surface area contributed by atoms with Crippen LogP contribution in [0.4, 0.5) is 5.82 Å². The number of aromatic nitrogens is 2. The number of nitrogens with one attached hydrogen (secondary N) is 1. The fraction of sp³-hybridized carbons (Fsp3) is 0.385. The second-order valence-corrected chi connectivity index (χ2v) is 3.77. The summed E-state index contributed by atoms with van der Waals surface area (Å²) >= 11 is 0. The molecule has 20 heavy (non-hydrogen) atoms. The van der Waals surface area contributed by atoms with E-state index in [1.807, 2.05) is 6.92 Å². The molecule has 1 amide bonds. The molecule has 1 N–H and O–H groups in total. The molecule has 0 atom stereocenters. The minimum Gasteiger partial charge on any atom is -0.492 e. The van der Waals surface area contributed by atoms with Gasteiger partial charge in [-0.05, 0) is 6.92 Å². The molecular formula is C13H17N3O4. The Hall–Kier alpha value is -2.44. The molecule has 1 aromatic rings. The van der Waals surface area contributed by atoms with Gasteiger partial charge in [-0.1, -0.05) is 6.58 Å². The lowest BCUT2D eigenvalue weighted by Gasteiger charge is -2.07. The van der Waals surface area contributed by atoms with Crippen molar-refractivity contribution in [1.82, 2.24) is 9.97 Å². The molecule has 108 valence electrons. The number of nitrogens with zero attached hydrogens (tertiary/aromatic N) is 2. The highest BCUT2D eigenvalue weighted by atomic mass is 16.5. The van der Waals surface area contributed by atoms with Crippen LogP contribution in [0.3, 0.4) is 0 Å². The van der Waals surface area contributed by atoms with Crippen molar-refractivity contribution in [2.45, 2.75) is 19.8 Å². The van der Waals surface area contributed by atoms with E-state index in [4.69, 9.17) is 4.74 Å². The molecule has 0 aliphatic carbocycles. The number of hydrogen-bond donors (Lipinski definition) is 1. The van der Waals surface area contributed by atoms with Gasteiger partial charge < -0.3 is 14.8 Å². The third-order valence-corrected chi connectivity index (χ3v) is 2.31. The van der Waals surface area contributed by atoms with E-state index in [1.165, 1.54) is 19.5 Å². The zero-order valence-corrected chi connectivity index (χ0v) is 11.5. The molecule has 0 saturated carbocycles. The molecule has 0 unspecified atom stereocenters. The Morgan fingerprint density at radius 3 is 2.60 bits per heavy atom. The van der Waals surface area contributed by atoms with E-state index in [0.717, 1.165) is 0 Å². The second-order valence-electron chi connectivity index (χ2n) is 3.77. The number of methoxy groups -OCH3 is 1. The average molecular weight is 279 g/mol. The fourth-order valence-electron chi connectivity index (χ4n) is 1.31. The highest BCUT2D eigenvalue weighted by molar-refractivity contribution is 5.91. The minimum atomic E-state index is -0.436. The van der Waals surface area contributed by atoms with Crippen LogP contribution in [0.1, 0.15) is 25.5 Å². The molecule has 0 bridgehead atoms. The van der Waals surface area contributed by atoms with Crippen molar-refractivity contribution in [2.24, 2.45) is 0 Å². The van der Waals surface area contributed by atoms with Crippen molar-refractivity contribution in [3.05, 3.63) is 24.7 Å². The van der Waals surface area contributed by atoms with E-state index >= 15 is 0 Å². The van der Waals surface area contributed by atoms with Gasteiger partial charge in [-0.3, -0.25) is 9.59 Å². The van der Waals surface area contributed by atoms with E-state index < -0.39 is 5.97 Å². The zero-order chi connectivity index (χ0) is 15.0. The van der Waals surface area contributed by atoms with Crippen LogP contribution in [0.2, 0.25) is 0 Å². The van der Waals surface area contributed by atoms with Crippen molar-refractivity contribution >= 4 is 23.5 Å². The van der Waals surface area contributed by atoms with Gasteiger partial charge in [-0.15, -0.1) is 0 Å². The Morgan fingerprint density at radius 1 is 1.30 bits per heavy atom. The van der Waals surface area contributed by atoms with E-state index in [-0.39, 0.29) is 18.7 Å². The number of amides is 1. The second kappa shape index (κ2) is 7.88. The first-order valence-corrected chi connectivity index (χ1v) is 6.07. The number of anilines is 1. The van der Waals surface area contributed by atoms with Crippen LogP contribution in [0.25, 0.3) is 5.76 Å². The number of carbonyl (C=O) groups excluding carboxylic acids is 2. The predicted molar refractivity (Wildman–Crippen MR) is 72.6 cm³/mol. The monoisotopic (exact) mass is 279 g/mol. The van der Waals surface area contributed by atoms with Gasteiger partial charge in [0.25, 0.3) is 0 Å². The van der Waals surface area contributed by atoms with Gasteiger partial charge in [0.05, 0.1) is 32.5 Å². The quantitative estimate of drug-likeness (QED) is 0.599. The molecular weight excluding hydrogens is 262 g/mol. The highest BCUT2D eigenvalue weighted by Gasteiger charge is 2.08. The molecule has 0 fully saturated rings. The van der Waals surface area contributed by atoms with Gasteiger partial charge in [0.2, 0.25) is 5.91 Å². The summed E-state index contributed by atoms with van der Waals surface area (Å²) in [7, 11) is 1.27. The van der Waals surface area contributed by atoms with Crippen LogP contribution in [0.15, 0.2) is 19.0 Å². The van der Waals surface area contributed by atoms with E-state index in [2.05, 4.69) is 26.6 Å². The Kier molecular flexibility index (Phi) is 6.15. The SMILES string of the molecule is C=C(OCC)c1cnc(NC(=O)CCC(=O)OC)cn1. The van der Waals surface area contributed by atoms with Gasteiger partial charge >= 0.3 is 5.97 Å². The molecule has 0 spiro atoms. The normalized spacial score (nSPS) is 9.70. The molecule has 1 heterocycles. The summed E-state index contributed by atoms with van der Waals surface area (Å²) in [6.45, 7) is 6.03. The van der Waals surface area contributed by atoms with E-state index in [1.54, 1.807) is 0 Å². The maximum Gasteiger partial charge on any atom is 0.306 e. The van der Waals surface area contributed by atoms with Crippen LogP contribution in [0.5, 0.6) is 0 Å². The topological polar surface area (TPSA) is 90.4 Å². The number of rotatable bonds is 7. The fourth-order valence-corrected chi connectivity index (χ4v) is 1.31. The van der Waals surface area contributed by atoms with Crippen molar-refractivity contribution in [3.8, 4) is 0 Å². The Bertz CT molecular complexity index is 485. The summed E-state index contributed by atoms with van der Waals surface area (Å²) in [5.74, 6) is -0.0489. The third-order valence-electron chi connectivity index (χ3n) is 2.31. The summed E-state index contributed by atoms with van der Waals surface area (Å²) in [6, 6.07) is 0.